The summed E-state index contributed by atoms with van der Waals surface area (Å²) in [5.74, 6) is 1.27. The molecular weight excluding hydrogens is 658 g/mol. The van der Waals surface area contributed by atoms with Gasteiger partial charge in [-0.05, 0) is 81.7 Å². The molecule has 49 heavy (non-hydrogen) atoms. The molecule has 9 nitrogen and oxygen atoms in total. The molecule has 0 aliphatic carbocycles. The fraction of sp³-hybridized carbons (Fsp3) is 0.541. The number of benzene rings is 1. The molecule has 3 aromatic heterocycles. The first kappa shape index (κ1) is 38.9. The third-order valence-electron chi connectivity index (χ3n) is 8.96. The van der Waals surface area contributed by atoms with Gasteiger partial charge in [-0.3, -0.25) is 4.98 Å². The molecule has 0 saturated carbocycles. The van der Waals surface area contributed by atoms with Crippen molar-refractivity contribution in [2.24, 2.45) is 0 Å². The third-order valence-corrected chi connectivity index (χ3v) is 15.0. The average Bonchev–Trinajstić information content (AvgIpc) is 3.49. The standard InChI is InChI=1S/C37H54FN5O4SSi/c1-11-12-16-29(38)35(42-48(44)36(2,3)4)31-18-14-17-30(41-31)26-22-32-28(33(23-26)46-21-20-45-8)24-39-43(32)34-19-13-15-27(40-34)25-47-49(9,10)37(5,6)7/h13-15,17-19,22-24,29,35,42H,11-12,16,20-21,25H2,1-10H3/t29?,35-,48?/m1/s1. The van der Waals surface area contributed by atoms with Crippen LogP contribution in [0.1, 0.15) is 85.2 Å². The summed E-state index contributed by atoms with van der Waals surface area (Å²) >= 11 is -1.49. The van der Waals surface area contributed by atoms with E-state index in [4.69, 9.17) is 29.0 Å². The van der Waals surface area contributed by atoms with Crippen LogP contribution in [0.2, 0.25) is 18.1 Å². The van der Waals surface area contributed by atoms with E-state index < -0.39 is 36.6 Å². The van der Waals surface area contributed by atoms with Crippen molar-refractivity contribution >= 4 is 30.6 Å². The van der Waals surface area contributed by atoms with Gasteiger partial charge in [0.2, 0.25) is 0 Å². The first-order valence-corrected chi connectivity index (χ1v) is 21.1. The van der Waals surface area contributed by atoms with Crippen molar-refractivity contribution in [3.05, 3.63) is 66.1 Å². The molecule has 0 saturated heterocycles. The Morgan fingerprint density at radius 2 is 1.76 bits per heavy atom. The van der Waals surface area contributed by atoms with Gasteiger partial charge in [0.15, 0.2) is 14.1 Å². The lowest BCUT2D eigenvalue weighted by molar-refractivity contribution is 0.147. The Balaban J connectivity index is 1.77. The van der Waals surface area contributed by atoms with E-state index in [0.29, 0.717) is 49.2 Å². The quantitative estimate of drug-likeness (QED) is 0.0700. The molecule has 268 valence electrons. The molecule has 4 aromatic rings. The molecule has 0 aliphatic heterocycles. The number of halogens is 1. The second-order valence-electron chi connectivity index (χ2n) is 14.9. The number of aromatic nitrogens is 4. The number of unbranched alkanes of at least 4 members (excludes halogenated alkanes) is 1. The minimum absolute atomic E-state index is 0.0874. The maximum Gasteiger partial charge on any atom is 0.192 e. The molecule has 3 atom stereocenters. The van der Waals surface area contributed by atoms with Crippen LogP contribution in [0.3, 0.4) is 0 Å². The zero-order valence-corrected chi connectivity index (χ0v) is 32.6. The van der Waals surface area contributed by atoms with E-state index in [1.54, 1.807) is 24.1 Å². The number of hydrogen-bond acceptors (Lipinski definition) is 8. The van der Waals surface area contributed by atoms with Gasteiger partial charge in [-0.15, -0.1) is 4.72 Å². The largest absolute Gasteiger partial charge is 0.598 e. The molecule has 0 spiro atoms. The Labute approximate surface area is 295 Å². The van der Waals surface area contributed by atoms with E-state index in [0.717, 1.165) is 35.0 Å². The molecule has 1 aromatic carbocycles. The molecule has 0 radical (unpaired) electrons. The minimum atomic E-state index is -1.97. The number of nitrogens with one attached hydrogen (secondary N) is 1. The molecule has 0 amide bonds. The van der Waals surface area contributed by atoms with Gasteiger partial charge in [0.05, 0.1) is 47.4 Å². The summed E-state index contributed by atoms with van der Waals surface area (Å²) in [5, 5.41) is 5.63. The van der Waals surface area contributed by atoms with Crippen molar-refractivity contribution < 1.29 is 22.8 Å². The second-order valence-corrected chi connectivity index (χ2v) is 21.7. The number of ether oxygens (including phenoxy) is 2. The molecule has 12 heteroatoms. The van der Waals surface area contributed by atoms with Crippen molar-refractivity contribution in [2.45, 2.75) is 109 Å². The van der Waals surface area contributed by atoms with Gasteiger partial charge >= 0.3 is 0 Å². The predicted molar refractivity (Wildman–Crippen MR) is 200 cm³/mol. The van der Waals surface area contributed by atoms with Gasteiger partial charge in [0, 0.05) is 24.0 Å². The maximum atomic E-state index is 15.8. The monoisotopic (exact) mass is 711 g/mol. The number of pyridine rings is 2. The van der Waals surface area contributed by atoms with Gasteiger partial charge in [0.1, 0.15) is 29.3 Å². The second kappa shape index (κ2) is 16.4. The van der Waals surface area contributed by atoms with Gasteiger partial charge in [-0.1, -0.05) is 52.7 Å². The number of hydrogen-bond donors (Lipinski definition) is 1. The molecule has 1 N–H and O–H groups in total. The third kappa shape index (κ3) is 9.89. The highest BCUT2D eigenvalue weighted by atomic mass is 32.2. The summed E-state index contributed by atoms with van der Waals surface area (Å²) in [4.78, 5) is 9.87. The SMILES string of the molecule is CCCCC(F)[C@@H](N[S+]([O-])C(C)(C)C)c1cccc(-c2cc(OCCOC)c3cnn(-c4cccc(CO[Si](C)(C)C(C)(C)C)n4)c3c2)n1. The molecule has 2 unspecified atom stereocenters. The van der Waals surface area contributed by atoms with E-state index in [1.807, 2.05) is 70.2 Å². The molecule has 0 fully saturated rings. The van der Waals surface area contributed by atoms with Crippen molar-refractivity contribution in [1.82, 2.24) is 24.5 Å². The lowest BCUT2D eigenvalue weighted by Gasteiger charge is -2.36. The van der Waals surface area contributed by atoms with Crippen LogP contribution in [-0.2, 0) is 27.1 Å². The number of rotatable bonds is 16. The Kier molecular flexibility index (Phi) is 13.1. The van der Waals surface area contributed by atoms with Crippen LogP contribution in [0.4, 0.5) is 4.39 Å². The number of fused-ring (bicyclic) bond motifs is 1. The Morgan fingerprint density at radius 1 is 1.02 bits per heavy atom. The Morgan fingerprint density at radius 3 is 2.43 bits per heavy atom. The van der Waals surface area contributed by atoms with E-state index >= 15 is 4.39 Å². The van der Waals surface area contributed by atoms with Crippen LogP contribution in [0.5, 0.6) is 5.75 Å². The predicted octanol–water partition coefficient (Wildman–Crippen LogP) is 8.65. The van der Waals surface area contributed by atoms with Crippen molar-refractivity contribution in [3.63, 3.8) is 0 Å². The van der Waals surface area contributed by atoms with Gasteiger partial charge in [-0.2, -0.15) is 5.10 Å². The fourth-order valence-corrected chi connectivity index (χ4v) is 6.67. The highest BCUT2D eigenvalue weighted by Crippen LogP contribution is 2.37. The normalized spacial score (nSPS) is 14.6. The van der Waals surface area contributed by atoms with Crippen LogP contribution in [0.15, 0.2) is 54.7 Å². The molecular formula is C37H54FN5O4SSi. The van der Waals surface area contributed by atoms with Crippen LogP contribution < -0.4 is 9.46 Å². The Hall–Kier alpha value is -2.87. The van der Waals surface area contributed by atoms with Crippen molar-refractivity contribution in [3.8, 4) is 22.8 Å². The van der Waals surface area contributed by atoms with Crippen molar-refractivity contribution in [2.75, 3.05) is 20.3 Å². The van der Waals surface area contributed by atoms with Crippen LogP contribution in [0, 0.1) is 0 Å². The van der Waals surface area contributed by atoms with Gasteiger partial charge in [0.25, 0.3) is 0 Å². The number of alkyl halides is 1. The minimum Gasteiger partial charge on any atom is -0.598 e. The average molecular weight is 712 g/mol. The van der Waals surface area contributed by atoms with E-state index in [1.165, 1.54) is 0 Å². The van der Waals surface area contributed by atoms with E-state index in [2.05, 4.69) is 38.6 Å². The number of nitrogens with zero attached hydrogens (tertiary/aromatic N) is 4. The summed E-state index contributed by atoms with van der Waals surface area (Å²) in [7, 11) is -0.339. The van der Waals surface area contributed by atoms with Crippen LogP contribution in [0.25, 0.3) is 28.0 Å². The van der Waals surface area contributed by atoms with Crippen LogP contribution in [-0.4, -0.2) is 63.9 Å². The zero-order chi connectivity index (χ0) is 36.0. The lowest BCUT2D eigenvalue weighted by atomic mass is 10.0. The summed E-state index contributed by atoms with van der Waals surface area (Å²) in [6.07, 6.45) is 2.45. The first-order valence-electron chi connectivity index (χ1n) is 17.1. The topological polar surface area (TPSA) is 106 Å². The molecule has 0 aliphatic rings. The first-order chi connectivity index (χ1) is 23.1. The van der Waals surface area contributed by atoms with E-state index in [9.17, 15) is 4.55 Å². The smallest absolute Gasteiger partial charge is 0.192 e. The number of methoxy groups -OCH3 is 1. The lowest BCUT2D eigenvalue weighted by Crippen LogP contribution is -2.44. The Bertz CT molecular complexity index is 1670. The summed E-state index contributed by atoms with van der Waals surface area (Å²) in [6, 6.07) is 14.5. The molecule has 4 rings (SSSR count). The van der Waals surface area contributed by atoms with Crippen molar-refractivity contribution in [1.29, 1.82) is 0 Å². The fourth-order valence-electron chi connectivity index (χ4n) is 4.88. The van der Waals surface area contributed by atoms with E-state index in [-0.39, 0.29) is 5.04 Å². The zero-order valence-electron chi connectivity index (χ0n) is 30.8. The summed E-state index contributed by atoms with van der Waals surface area (Å²) in [5.41, 5.74) is 3.49. The van der Waals surface area contributed by atoms with Crippen LogP contribution >= 0.6 is 0 Å². The van der Waals surface area contributed by atoms with Gasteiger partial charge < -0.3 is 18.5 Å². The highest BCUT2D eigenvalue weighted by molar-refractivity contribution is 7.90. The maximum absolute atomic E-state index is 15.8. The van der Waals surface area contributed by atoms with Gasteiger partial charge in [-0.25, -0.2) is 14.1 Å². The summed E-state index contributed by atoms with van der Waals surface area (Å²) in [6.45, 7) is 19.9. The summed E-state index contributed by atoms with van der Waals surface area (Å²) < 4.78 is 51.1. The molecule has 3 heterocycles. The molecule has 0 bridgehead atoms. The highest BCUT2D eigenvalue weighted by Gasteiger charge is 2.37.